The summed E-state index contributed by atoms with van der Waals surface area (Å²) in [6.07, 6.45) is 2.99. The Bertz CT molecular complexity index is 395. The highest BCUT2D eigenvalue weighted by Crippen LogP contribution is 2.25. The zero-order chi connectivity index (χ0) is 12.1. The first-order valence-corrected chi connectivity index (χ1v) is 7.38. The van der Waals surface area contributed by atoms with Crippen LogP contribution in [0.15, 0.2) is 18.2 Å². The zero-order valence-corrected chi connectivity index (χ0v) is 11.8. The molecule has 1 aliphatic rings. The van der Waals surface area contributed by atoms with Crippen molar-refractivity contribution in [1.82, 2.24) is 5.32 Å². The quantitative estimate of drug-likeness (QED) is 0.385. The molecule has 4 heteroatoms. The smallest absolute Gasteiger partial charge is 0.141 e. The molecule has 1 atom stereocenters. The molecular weight excluding hydrogens is 329 g/mol. The first kappa shape index (κ1) is 12.8. The van der Waals surface area contributed by atoms with Gasteiger partial charge >= 0.3 is 0 Å². The standard InChI is InChI=1S/C13H16INO2/c14-5-1-7-17-11-2-3-12-10(8-11)4-6-15-13(12)9-16/h2-3,8-9,13,15H,1,4-7H2. The lowest BCUT2D eigenvalue weighted by Gasteiger charge is -2.23. The molecule has 0 spiro atoms. The number of halogens is 1. The molecule has 1 aromatic rings. The van der Waals surface area contributed by atoms with E-state index in [2.05, 4.69) is 34.0 Å². The fourth-order valence-corrected chi connectivity index (χ4v) is 2.34. The van der Waals surface area contributed by atoms with Crippen LogP contribution in [0.1, 0.15) is 23.6 Å². The van der Waals surface area contributed by atoms with Crippen LogP contribution in [-0.4, -0.2) is 23.9 Å². The lowest BCUT2D eigenvalue weighted by Crippen LogP contribution is -2.30. The Kier molecular flexibility index (Phi) is 4.79. The van der Waals surface area contributed by atoms with Gasteiger partial charge in [0.15, 0.2) is 0 Å². The summed E-state index contributed by atoms with van der Waals surface area (Å²) >= 11 is 2.35. The van der Waals surface area contributed by atoms with Crippen LogP contribution < -0.4 is 10.1 Å². The lowest BCUT2D eigenvalue weighted by molar-refractivity contribution is -0.109. The molecule has 3 nitrogen and oxygen atoms in total. The zero-order valence-electron chi connectivity index (χ0n) is 9.62. The molecule has 0 fully saturated rings. The van der Waals surface area contributed by atoms with Gasteiger partial charge in [0.2, 0.25) is 0 Å². The molecule has 17 heavy (non-hydrogen) atoms. The van der Waals surface area contributed by atoms with Crippen LogP contribution in [0.4, 0.5) is 0 Å². The van der Waals surface area contributed by atoms with E-state index in [4.69, 9.17) is 4.74 Å². The maximum atomic E-state index is 10.9. The minimum atomic E-state index is -0.151. The Balaban J connectivity index is 2.10. The van der Waals surface area contributed by atoms with Gasteiger partial charge in [-0.3, -0.25) is 0 Å². The average molecular weight is 345 g/mol. The van der Waals surface area contributed by atoms with Gasteiger partial charge in [0.1, 0.15) is 12.0 Å². The highest BCUT2D eigenvalue weighted by Gasteiger charge is 2.18. The fourth-order valence-electron chi connectivity index (χ4n) is 2.03. The molecule has 2 rings (SSSR count). The minimum Gasteiger partial charge on any atom is -0.494 e. The van der Waals surface area contributed by atoms with Crippen LogP contribution in [0.2, 0.25) is 0 Å². The van der Waals surface area contributed by atoms with Crippen LogP contribution >= 0.6 is 22.6 Å². The summed E-state index contributed by atoms with van der Waals surface area (Å²) in [4.78, 5) is 10.9. The van der Waals surface area contributed by atoms with E-state index >= 15 is 0 Å². The number of alkyl halides is 1. The second-order valence-corrected chi connectivity index (χ2v) is 5.15. The van der Waals surface area contributed by atoms with Gasteiger partial charge in [-0.2, -0.15) is 0 Å². The van der Waals surface area contributed by atoms with E-state index in [1.165, 1.54) is 5.56 Å². The summed E-state index contributed by atoms with van der Waals surface area (Å²) in [6, 6.07) is 5.87. The van der Waals surface area contributed by atoms with Gasteiger partial charge < -0.3 is 14.8 Å². The normalized spacial score (nSPS) is 18.5. The summed E-state index contributed by atoms with van der Waals surface area (Å²) in [5.74, 6) is 0.917. The third kappa shape index (κ3) is 3.19. The predicted molar refractivity (Wildman–Crippen MR) is 76.0 cm³/mol. The number of benzene rings is 1. The molecule has 0 saturated heterocycles. The van der Waals surface area contributed by atoms with E-state index in [0.29, 0.717) is 0 Å². The number of hydrogen-bond donors (Lipinski definition) is 1. The maximum absolute atomic E-state index is 10.9. The number of carbonyl (C=O) groups is 1. The number of aldehydes is 1. The van der Waals surface area contributed by atoms with E-state index < -0.39 is 0 Å². The summed E-state index contributed by atoms with van der Waals surface area (Å²) in [5.41, 5.74) is 2.32. The van der Waals surface area contributed by atoms with E-state index in [1.807, 2.05) is 12.1 Å². The summed E-state index contributed by atoms with van der Waals surface area (Å²) < 4.78 is 6.78. The van der Waals surface area contributed by atoms with Crippen molar-refractivity contribution >= 4 is 28.9 Å². The van der Waals surface area contributed by atoms with Gasteiger partial charge in [-0.15, -0.1) is 0 Å². The Morgan fingerprint density at radius 2 is 2.41 bits per heavy atom. The number of nitrogens with one attached hydrogen (secondary N) is 1. The molecule has 0 bridgehead atoms. The summed E-state index contributed by atoms with van der Waals surface area (Å²) in [7, 11) is 0. The molecule has 0 saturated carbocycles. The SMILES string of the molecule is O=CC1NCCc2cc(OCCCI)ccc21. The number of ether oxygens (including phenoxy) is 1. The largest absolute Gasteiger partial charge is 0.494 e. The van der Waals surface area contributed by atoms with Crippen molar-refractivity contribution in [2.75, 3.05) is 17.6 Å². The number of carbonyl (C=O) groups excluding carboxylic acids is 1. The molecule has 1 unspecified atom stereocenters. The fraction of sp³-hybridized carbons (Fsp3) is 0.462. The van der Waals surface area contributed by atoms with E-state index in [0.717, 1.165) is 48.0 Å². The number of fused-ring (bicyclic) bond motifs is 1. The topological polar surface area (TPSA) is 38.3 Å². The molecule has 0 radical (unpaired) electrons. The van der Waals surface area contributed by atoms with Gasteiger partial charge in [-0.05, 0) is 36.1 Å². The van der Waals surface area contributed by atoms with E-state index in [9.17, 15) is 4.79 Å². The molecular formula is C13H16INO2. The molecule has 1 N–H and O–H groups in total. The van der Waals surface area contributed by atoms with Gasteiger partial charge in [0.25, 0.3) is 0 Å². The van der Waals surface area contributed by atoms with Crippen molar-refractivity contribution in [2.24, 2.45) is 0 Å². The second-order valence-electron chi connectivity index (χ2n) is 4.07. The minimum absolute atomic E-state index is 0.151. The Morgan fingerprint density at radius 1 is 1.53 bits per heavy atom. The summed E-state index contributed by atoms with van der Waals surface area (Å²) in [6.45, 7) is 1.62. The molecule has 0 amide bonds. The van der Waals surface area contributed by atoms with Crippen LogP contribution in [0.3, 0.4) is 0 Å². The monoisotopic (exact) mass is 345 g/mol. The Morgan fingerprint density at radius 3 is 3.18 bits per heavy atom. The molecule has 92 valence electrons. The van der Waals surface area contributed by atoms with Crippen molar-refractivity contribution < 1.29 is 9.53 Å². The molecule has 1 heterocycles. The third-order valence-corrected chi connectivity index (χ3v) is 3.65. The first-order chi connectivity index (χ1) is 8.35. The number of rotatable bonds is 5. The van der Waals surface area contributed by atoms with Crippen LogP contribution in [0.25, 0.3) is 0 Å². The maximum Gasteiger partial charge on any atom is 0.141 e. The van der Waals surface area contributed by atoms with Crippen molar-refractivity contribution in [1.29, 1.82) is 0 Å². The van der Waals surface area contributed by atoms with Gasteiger partial charge in [0.05, 0.1) is 12.6 Å². The Labute approximate surface area is 115 Å². The average Bonchev–Trinajstić information content (AvgIpc) is 2.38. The van der Waals surface area contributed by atoms with Gasteiger partial charge in [-0.25, -0.2) is 0 Å². The molecule has 0 aliphatic carbocycles. The van der Waals surface area contributed by atoms with Crippen molar-refractivity contribution in [3.8, 4) is 5.75 Å². The number of hydrogen-bond acceptors (Lipinski definition) is 3. The third-order valence-electron chi connectivity index (χ3n) is 2.89. The van der Waals surface area contributed by atoms with Gasteiger partial charge in [0, 0.05) is 11.0 Å². The second kappa shape index (κ2) is 6.35. The lowest BCUT2D eigenvalue weighted by atomic mass is 9.95. The van der Waals surface area contributed by atoms with Crippen molar-refractivity contribution in [3.63, 3.8) is 0 Å². The van der Waals surface area contributed by atoms with E-state index in [1.54, 1.807) is 0 Å². The predicted octanol–water partition coefficient (Wildman–Crippen LogP) is 2.28. The Hall–Kier alpha value is -0.620. The van der Waals surface area contributed by atoms with Crippen LogP contribution in [0, 0.1) is 0 Å². The highest BCUT2D eigenvalue weighted by molar-refractivity contribution is 14.1. The molecule has 0 aromatic heterocycles. The molecule has 1 aromatic carbocycles. The van der Waals surface area contributed by atoms with Crippen LogP contribution in [-0.2, 0) is 11.2 Å². The van der Waals surface area contributed by atoms with Crippen molar-refractivity contribution in [3.05, 3.63) is 29.3 Å². The van der Waals surface area contributed by atoms with Crippen LogP contribution in [0.5, 0.6) is 5.75 Å². The highest BCUT2D eigenvalue weighted by atomic mass is 127. The van der Waals surface area contributed by atoms with Crippen molar-refractivity contribution in [2.45, 2.75) is 18.9 Å². The molecule has 1 aliphatic heterocycles. The first-order valence-electron chi connectivity index (χ1n) is 5.85. The van der Waals surface area contributed by atoms with Gasteiger partial charge in [-0.1, -0.05) is 28.7 Å². The summed E-state index contributed by atoms with van der Waals surface area (Å²) in [5, 5.41) is 3.19. The van der Waals surface area contributed by atoms with E-state index in [-0.39, 0.29) is 6.04 Å².